The number of hydrogen-bond donors (Lipinski definition) is 2. The van der Waals surface area contributed by atoms with Gasteiger partial charge in [0.05, 0.1) is 12.1 Å². The standard InChI is InChI=1S/C13H12F3N3O2/c1-7-2-3-8(21-7)6-18-12-9(11(17)20)4-5-10(19-12)13(14,15)16/h2-5H,6H2,1H3,(H2,17,20)(H,18,19). The van der Waals surface area contributed by atoms with E-state index in [4.69, 9.17) is 10.2 Å². The molecule has 3 N–H and O–H groups in total. The molecule has 5 nitrogen and oxygen atoms in total. The van der Waals surface area contributed by atoms with Crippen molar-refractivity contribution in [1.29, 1.82) is 0 Å². The Morgan fingerprint density at radius 3 is 2.57 bits per heavy atom. The van der Waals surface area contributed by atoms with Crippen LogP contribution in [0.3, 0.4) is 0 Å². The number of halogens is 3. The Balaban J connectivity index is 2.28. The summed E-state index contributed by atoms with van der Waals surface area (Å²) in [6.45, 7) is 1.82. The molecule has 21 heavy (non-hydrogen) atoms. The molecule has 112 valence electrons. The van der Waals surface area contributed by atoms with Gasteiger partial charge in [-0.2, -0.15) is 13.2 Å². The molecule has 0 atom stereocenters. The fourth-order valence-corrected chi connectivity index (χ4v) is 1.70. The Bertz CT molecular complexity index is 665. The highest BCUT2D eigenvalue weighted by Crippen LogP contribution is 2.29. The highest BCUT2D eigenvalue weighted by molar-refractivity contribution is 5.97. The van der Waals surface area contributed by atoms with Gasteiger partial charge in [0.2, 0.25) is 0 Å². The van der Waals surface area contributed by atoms with Crippen molar-refractivity contribution in [3.05, 3.63) is 47.0 Å². The molecule has 0 bridgehead atoms. The molecule has 0 aliphatic heterocycles. The summed E-state index contributed by atoms with van der Waals surface area (Å²) in [6, 6.07) is 5.08. The van der Waals surface area contributed by atoms with Gasteiger partial charge in [-0.3, -0.25) is 4.79 Å². The maximum absolute atomic E-state index is 12.6. The molecule has 2 rings (SSSR count). The van der Waals surface area contributed by atoms with Crippen LogP contribution in [0.2, 0.25) is 0 Å². The Kier molecular flexibility index (Phi) is 3.88. The molecule has 0 aliphatic carbocycles. The molecule has 2 heterocycles. The number of amides is 1. The lowest BCUT2D eigenvalue weighted by molar-refractivity contribution is -0.141. The lowest BCUT2D eigenvalue weighted by atomic mass is 10.2. The van der Waals surface area contributed by atoms with Gasteiger partial charge in [0.1, 0.15) is 23.0 Å². The van der Waals surface area contributed by atoms with Gasteiger partial charge in [-0.15, -0.1) is 0 Å². The molecule has 2 aromatic rings. The Labute approximate surface area is 118 Å². The fourth-order valence-electron chi connectivity index (χ4n) is 1.70. The molecular weight excluding hydrogens is 287 g/mol. The molecule has 0 fully saturated rings. The number of nitrogens with one attached hydrogen (secondary N) is 1. The molecule has 2 aromatic heterocycles. The third-order valence-electron chi connectivity index (χ3n) is 2.68. The smallest absolute Gasteiger partial charge is 0.433 e. The lowest BCUT2D eigenvalue weighted by Crippen LogP contribution is -2.18. The second kappa shape index (κ2) is 5.47. The topological polar surface area (TPSA) is 81.1 Å². The lowest BCUT2D eigenvalue weighted by Gasteiger charge is -2.11. The van der Waals surface area contributed by atoms with Crippen LogP contribution in [0.5, 0.6) is 0 Å². The molecule has 0 saturated heterocycles. The predicted molar refractivity (Wildman–Crippen MR) is 68.5 cm³/mol. The summed E-state index contributed by atoms with van der Waals surface area (Å²) in [5, 5.41) is 2.63. The normalized spacial score (nSPS) is 11.4. The number of pyridine rings is 1. The largest absolute Gasteiger partial charge is 0.465 e. The molecule has 0 aromatic carbocycles. The van der Waals surface area contributed by atoms with Gasteiger partial charge in [-0.05, 0) is 31.2 Å². The molecule has 8 heteroatoms. The summed E-state index contributed by atoms with van der Waals surface area (Å²) >= 11 is 0. The van der Waals surface area contributed by atoms with E-state index < -0.39 is 17.8 Å². The number of anilines is 1. The van der Waals surface area contributed by atoms with Crippen LogP contribution in [0.1, 0.15) is 27.6 Å². The van der Waals surface area contributed by atoms with Crippen molar-refractivity contribution in [1.82, 2.24) is 4.98 Å². The van der Waals surface area contributed by atoms with Crippen molar-refractivity contribution in [3.63, 3.8) is 0 Å². The van der Waals surface area contributed by atoms with Gasteiger partial charge in [-0.1, -0.05) is 0 Å². The number of rotatable bonds is 4. The molecule has 0 saturated carbocycles. The molecule has 0 aliphatic rings. The average molecular weight is 299 g/mol. The minimum atomic E-state index is -4.60. The van der Waals surface area contributed by atoms with E-state index in [1.165, 1.54) is 0 Å². The van der Waals surface area contributed by atoms with E-state index >= 15 is 0 Å². The Morgan fingerprint density at radius 2 is 2.05 bits per heavy atom. The molecular formula is C13H12F3N3O2. The van der Waals surface area contributed by atoms with E-state index in [0.717, 1.165) is 6.07 Å². The van der Waals surface area contributed by atoms with Crippen LogP contribution < -0.4 is 11.1 Å². The van der Waals surface area contributed by atoms with Gasteiger partial charge in [-0.25, -0.2) is 4.98 Å². The number of hydrogen-bond acceptors (Lipinski definition) is 4. The first kappa shape index (κ1) is 14.9. The quantitative estimate of drug-likeness (QED) is 0.909. The summed E-state index contributed by atoms with van der Waals surface area (Å²) < 4.78 is 43.2. The van der Waals surface area contributed by atoms with Crippen LogP contribution in [0, 0.1) is 6.92 Å². The van der Waals surface area contributed by atoms with E-state index in [1.807, 2.05) is 0 Å². The third kappa shape index (κ3) is 3.53. The average Bonchev–Trinajstić information content (AvgIpc) is 2.80. The zero-order valence-corrected chi connectivity index (χ0v) is 11.0. The number of alkyl halides is 3. The zero-order chi connectivity index (χ0) is 15.6. The molecule has 1 amide bonds. The number of aromatic nitrogens is 1. The third-order valence-corrected chi connectivity index (χ3v) is 2.68. The zero-order valence-electron chi connectivity index (χ0n) is 11.0. The van der Waals surface area contributed by atoms with Crippen LogP contribution in [-0.4, -0.2) is 10.9 Å². The van der Waals surface area contributed by atoms with Crippen LogP contribution in [0.4, 0.5) is 19.0 Å². The van der Waals surface area contributed by atoms with Gasteiger partial charge < -0.3 is 15.5 Å². The van der Waals surface area contributed by atoms with Crippen molar-refractivity contribution in [2.24, 2.45) is 5.73 Å². The first-order chi connectivity index (χ1) is 9.77. The maximum atomic E-state index is 12.6. The predicted octanol–water partition coefficient (Wildman–Crippen LogP) is 2.71. The van der Waals surface area contributed by atoms with Crippen LogP contribution in [0.15, 0.2) is 28.7 Å². The first-order valence-corrected chi connectivity index (χ1v) is 5.94. The number of carbonyl (C=O) groups excluding carboxylic acids is 1. The van der Waals surface area contributed by atoms with Crippen molar-refractivity contribution >= 4 is 11.7 Å². The highest BCUT2D eigenvalue weighted by atomic mass is 19.4. The minimum Gasteiger partial charge on any atom is -0.465 e. The van der Waals surface area contributed by atoms with E-state index in [-0.39, 0.29) is 17.9 Å². The van der Waals surface area contributed by atoms with E-state index in [9.17, 15) is 18.0 Å². The van der Waals surface area contributed by atoms with E-state index in [0.29, 0.717) is 17.6 Å². The Morgan fingerprint density at radius 1 is 1.33 bits per heavy atom. The van der Waals surface area contributed by atoms with Crippen LogP contribution >= 0.6 is 0 Å². The number of aryl methyl sites for hydroxylation is 1. The molecule has 0 radical (unpaired) electrons. The van der Waals surface area contributed by atoms with Crippen molar-refractivity contribution in [3.8, 4) is 0 Å². The second-order valence-corrected chi connectivity index (χ2v) is 4.32. The monoisotopic (exact) mass is 299 g/mol. The minimum absolute atomic E-state index is 0.0857. The number of nitrogens with two attached hydrogens (primary N) is 1. The summed E-state index contributed by atoms with van der Waals surface area (Å²) in [7, 11) is 0. The van der Waals surface area contributed by atoms with Crippen molar-refractivity contribution < 1.29 is 22.4 Å². The SMILES string of the molecule is Cc1ccc(CNc2nc(C(F)(F)F)ccc2C(N)=O)o1. The fraction of sp³-hybridized carbons (Fsp3) is 0.231. The van der Waals surface area contributed by atoms with E-state index in [2.05, 4.69) is 10.3 Å². The van der Waals surface area contributed by atoms with Crippen molar-refractivity contribution in [2.75, 3.05) is 5.32 Å². The summed E-state index contributed by atoms with van der Waals surface area (Å²) in [4.78, 5) is 14.6. The number of primary amides is 1. The summed E-state index contributed by atoms with van der Waals surface area (Å²) in [5.74, 6) is 0.0711. The van der Waals surface area contributed by atoms with E-state index in [1.54, 1.807) is 19.1 Å². The second-order valence-electron chi connectivity index (χ2n) is 4.32. The van der Waals surface area contributed by atoms with Crippen LogP contribution in [0.25, 0.3) is 0 Å². The Hall–Kier alpha value is -2.51. The van der Waals surface area contributed by atoms with Gasteiger partial charge in [0.25, 0.3) is 5.91 Å². The summed E-state index contributed by atoms with van der Waals surface area (Å²) in [6.07, 6.45) is -4.60. The number of nitrogens with zero attached hydrogens (tertiary/aromatic N) is 1. The maximum Gasteiger partial charge on any atom is 0.433 e. The number of furan rings is 1. The molecule has 0 spiro atoms. The van der Waals surface area contributed by atoms with Gasteiger partial charge >= 0.3 is 6.18 Å². The van der Waals surface area contributed by atoms with Gasteiger partial charge in [0.15, 0.2) is 0 Å². The van der Waals surface area contributed by atoms with Crippen LogP contribution in [-0.2, 0) is 12.7 Å². The summed E-state index contributed by atoms with van der Waals surface area (Å²) in [5.41, 5.74) is 3.90. The number of carbonyl (C=O) groups is 1. The van der Waals surface area contributed by atoms with Gasteiger partial charge in [0, 0.05) is 0 Å². The molecule has 0 unspecified atom stereocenters. The van der Waals surface area contributed by atoms with Crippen molar-refractivity contribution in [2.45, 2.75) is 19.6 Å². The highest BCUT2D eigenvalue weighted by Gasteiger charge is 2.33. The first-order valence-electron chi connectivity index (χ1n) is 5.94.